The predicted octanol–water partition coefficient (Wildman–Crippen LogP) is 2.67. The number of H-pyrrole nitrogens is 1. The zero-order valence-electron chi connectivity index (χ0n) is 12.1. The van der Waals surface area contributed by atoms with Crippen LogP contribution in [0.5, 0.6) is 5.75 Å². The van der Waals surface area contributed by atoms with Gasteiger partial charge in [-0.2, -0.15) is 5.10 Å². The van der Waals surface area contributed by atoms with Gasteiger partial charge in [0.2, 0.25) is 0 Å². The highest BCUT2D eigenvalue weighted by Crippen LogP contribution is 2.18. The highest BCUT2D eigenvalue weighted by atomic mass is 16.5. The molecule has 0 unspecified atom stereocenters. The summed E-state index contributed by atoms with van der Waals surface area (Å²) in [7, 11) is 0. The zero-order chi connectivity index (χ0) is 14.7. The van der Waals surface area contributed by atoms with Crippen molar-refractivity contribution in [2.75, 3.05) is 11.9 Å². The average Bonchev–Trinajstić information content (AvgIpc) is 2.87. The molecule has 21 heavy (non-hydrogen) atoms. The molecule has 3 aromatic rings. The fourth-order valence-corrected chi connectivity index (χ4v) is 2.13. The van der Waals surface area contributed by atoms with Gasteiger partial charge in [0.25, 0.3) is 0 Å². The number of ether oxygens (including phenoxy) is 1. The van der Waals surface area contributed by atoms with Crippen LogP contribution in [-0.4, -0.2) is 26.8 Å². The van der Waals surface area contributed by atoms with Crippen molar-refractivity contribution in [2.24, 2.45) is 0 Å². The van der Waals surface area contributed by atoms with E-state index < -0.39 is 0 Å². The molecule has 0 saturated carbocycles. The molecule has 0 fully saturated rings. The van der Waals surface area contributed by atoms with Gasteiger partial charge in [0.15, 0.2) is 5.65 Å². The first-order valence-electron chi connectivity index (χ1n) is 6.87. The van der Waals surface area contributed by atoms with Gasteiger partial charge < -0.3 is 10.1 Å². The Labute approximate surface area is 122 Å². The quantitative estimate of drug-likeness (QED) is 0.753. The van der Waals surface area contributed by atoms with Crippen LogP contribution in [0, 0.1) is 6.92 Å². The molecular weight excluding hydrogens is 266 g/mol. The summed E-state index contributed by atoms with van der Waals surface area (Å²) in [5, 5.41) is 11.4. The molecule has 6 nitrogen and oxygen atoms in total. The topological polar surface area (TPSA) is 75.7 Å². The Morgan fingerprint density at radius 1 is 1.24 bits per heavy atom. The molecule has 3 aromatic heterocycles. The van der Waals surface area contributed by atoms with Crippen LogP contribution in [0.15, 0.2) is 30.7 Å². The van der Waals surface area contributed by atoms with E-state index in [0.29, 0.717) is 13.2 Å². The van der Waals surface area contributed by atoms with E-state index in [1.54, 1.807) is 12.4 Å². The molecule has 0 radical (unpaired) electrons. The fraction of sp³-hybridized carbons (Fsp3) is 0.267. The monoisotopic (exact) mass is 283 g/mol. The molecule has 108 valence electrons. The SMILES string of the molecule is CCOc1cncc(CNc2cnc3n[nH]c(C)c3c2)c1. The molecule has 0 spiro atoms. The van der Waals surface area contributed by atoms with E-state index in [9.17, 15) is 0 Å². The molecule has 0 bridgehead atoms. The third-order valence-corrected chi connectivity index (χ3v) is 3.18. The van der Waals surface area contributed by atoms with E-state index in [1.165, 1.54) is 0 Å². The minimum atomic E-state index is 0.638. The number of anilines is 1. The van der Waals surface area contributed by atoms with Crippen molar-refractivity contribution in [3.63, 3.8) is 0 Å². The van der Waals surface area contributed by atoms with Crippen molar-refractivity contribution < 1.29 is 4.74 Å². The second kappa shape index (κ2) is 5.78. The number of hydrogen-bond acceptors (Lipinski definition) is 5. The molecule has 0 aliphatic rings. The number of fused-ring (bicyclic) bond motifs is 1. The molecule has 0 aliphatic heterocycles. The second-order valence-electron chi connectivity index (χ2n) is 4.76. The van der Waals surface area contributed by atoms with Gasteiger partial charge in [-0.3, -0.25) is 10.1 Å². The summed E-state index contributed by atoms with van der Waals surface area (Å²) in [6, 6.07) is 4.03. The van der Waals surface area contributed by atoms with Gasteiger partial charge >= 0.3 is 0 Å². The van der Waals surface area contributed by atoms with Crippen LogP contribution < -0.4 is 10.1 Å². The molecule has 0 amide bonds. The molecule has 0 saturated heterocycles. The summed E-state index contributed by atoms with van der Waals surface area (Å²) in [4.78, 5) is 8.49. The number of aromatic nitrogens is 4. The maximum absolute atomic E-state index is 5.45. The van der Waals surface area contributed by atoms with Crippen molar-refractivity contribution in [1.82, 2.24) is 20.2 Å². The molecule has 0 aromatic carbocycles. The zero-order valence-corrected chi connectivity index (χ0v) is 12.1. The second-order valence-corrected chi connectivity index (χ2v) is 4.76. The lowest BCUT2D eigenvalue weighted by Crippen LogP contribution is -2.01. The van der Waals surface area contributed by atoms with Crippen LogP contribution in [0.25, 0.3) is 11.0 Å². The lowest BCUT2D eigenvalue weighted by atomic mass is 10.2. The van der Waals surface area contributed by atoms with E-state index in [2.05, 4.69) is 25.5 Å². The van der Waals surface area contributed by atoms with Crippen molar-refractivity contribution in [1.29, 1.82) is 0 Å². The van der Waals surface area contributed by atoms with Crippen LogP contribution in [0.1, 0.15) is 18.2 Å². The summed E-state index contributed by atoms with van der Waals surface area (Å²) in [6.45, 7) is 5.24. The molecular formula is C15H17N5O. The number of nitrogens with one attached hydrogen (secondary N) is 2. The Kier molecular flexibility index (Phi) is 3.68. The minimum absolute atomic E-state index is 0.638. The summed E-state index contributed by atoms with van der Waals surface area (Å²) in [5.41, 5.74) is 3.76. The maximum atomic E-state index is 5.45. The van der Waals surface area contributed by atoms with Gasteiger partial charge in [-0.15, -0.1) is 0 Å². The Morgan fingerprint density at radius 3 is 3.00 bits per heavy atom. The lowest BCUT2D eigenvalue weighted by molar-refractivity contribution is 0.338. The minimum Gasteiger partial charge on any atom is -0.492 e. The van der Waals surface area contributed by atoms with Crippen LogP contribution in [0.3, 0.4) is 0 Å². The van der Waals surface area contributed by atoms with Gasteiger partial charge in [-0.05, 0) is 31.5 Å². The van der Waals surface area contributed by atoms with E-state index in [1.807, 2.05) is 32.2 Å². The van der Waals surface area contributed by atoms with Crippen LogP contribution in [-0.2, 0) is 6.54 Å². The number of hydrogen-bond donors (Lipinski definition) is 2. The Balaban J connectivity index is 1.73. The summed E-state index contributed by atoms with van der Waals surface area (Å²) in [6.07, 6.45) is 5.32. The summed E-state index contributed by atoms with van der Waals surface area (Å²) >= 11 is 0. The highest BCUT2D eigenvalue weighted by Gasteiger charge is 2.04. The normalized spacial score (nSPS) is 10.8. The van der Waals surface area contributed by atoms with Gasteiger partial charge in [-0.1, -0.05) is 0 Å². The predicted molar refractivity (Wildman–Crippen MR) is 81.4 cm³/mol. The third kappa shape index (κ3) is 2.94. The maximum Gasteiger partial charge on any atom is 0.181 e. The molecule has 3 rings (SSSR count). The molecule has 3 heterocycles. The van der Waals surface area contributed by atoms with Gasteiger partial charge in [0.05, 0.1) is 24.7 Å². The standard InChI is InChI=1S/C15H17N5O/c1-3-21-13-4-11(6-16-9-13)7-17-12-5-14-10(2)19-20-15(14)18-8-12/h4-6,8-9,17H,3,7H2,1-2H3,(H,18,19,20). The number of aryl methyl sites for hydroxylation is 1. The summed E-state index contributed by atoms with van der Waals surface area (Å²) < 4.78 is 5.45. The van der Waals surface area contributed by atoms with Crippen LogP contribution in [0.2, 0.25) is 0 Å². The first-order chi connectivity index (χ1) is 10.3. The number of rotatable bonds is 5. The highest BCUT2D eigenvalue weighted by molar-refractivity contribution is 5.80. The Morgan fingerprint density at radius 2 is 2.14 bits per heavy atom. The number of aromatic amines is 1. The van der Waals surface area contributed by atoms with Crippen molar-refractivity contribution in [3.8, 4) is 5.75 Å². The lowest BCUT2D eigenvalue weighted by Gasteiger charge is -2.08. The number of nitrogens with zero attached hydrogens (tertiary/aromatic N) is 3. The molecule has 0 aliphatic carbocycles. The van der Waals surface area contributed by atoms with E-state index >= 15 is 0 Å². The van der Waals surface area contributed by atoms with E-state index in [4.69, 9.17) is 4.74 Å². The summed E-state index contributed by atoms with van der Waals surface area (Å²) in [5.74, 6) is 0.788. The van der Waals surface area contributed by atoms with Crippen molar-refractivity contribution >= 4 is 16.7 Å². The average molecular weight is 283 g/mol. The van der Waals surface area contributed by atoms with E-state index in [0.717, 1.165) is 33.7 Å². The van der Waals surface area contributed by atoms with Gasteiger partial charge in [0, 0.05) is 23.8 Å². The fourth-order valence-electron chi connectivity index (χ4n) is 2.13. The van der Waals surface area contributed by atoms with Gasteiger partial charge in [0.1, 0.15) is 5.75 Å². The van der Waals surface area contributed by atoms with Crippen LogP contribution >= 0.6 is 0 Å². The molecule has 6 heteroatoms. The van der Waals surface area contributed by atoms with Crippen molar-refractivity contribution in [3.05, 3.63) is 42.0 Å². The molecule has 0 atom stereocenters. The first kappa shape index (κ1) is 13.4. The van der Waals surface area contributed by atoms with Gasteiger partial charge in [-0.25, -0.2) is 4.98 Å². The Hall–Kier alpha value is -2.63. The third-order valence-electron chi connectivity index (χ3n) is 3.18. The Bertz CT molecular complexity index is 753. The number of pyridine rings is 2. The molecule has 2 N–H and O–H groups in total. The van der Waals surface area contributed by atoms with Crippen LogP contribution in [0.4, 0.5) is 5.69 Å². The first-order valence-corrected chi connectivity index (χ1v) is 6.87. The van der Waals surface area contributed by atoms with Crippen molar-refractivity contribution in [2.45, 2.75) is 20.4 Å². The van der Waals surface area contributed by atoms with E-state index in [-0.39, 0.29) is 0 Å². The smallest absolute Gasteiger partial charge is 0.181 e. The largest absolute Gasteiger partial charge is 0.492 e.